The summed E-state index contributed by atoms with van der Waals surface area (Å²) < 4.78 is 17.3. The number of esters is 1. The topological polar surface area (TPSA) is 110 Å². The average Bonchev–Trinajstić information content (AvgIpc) is 3.31. The van der Waals surface area contributed by atoms with E-state index >= 15 is 0 Å². The third-order valence-electron chi connectivity index (χ3n) is 6.27. The Morgan fingerprint density at radius 1 is 1.08 bits per heavy atom. The standard InChI is InChI=1S/C30H26N4O4S/c1-3-37-29(35)25-26(20-12-8-5-9-13-20)33-30-34(28(32)24(17-31)39-30)27(25)21-14-15-22(23(16-21)36-2)38-18-19-10-6-4-7-11-19/h4-16,27H,3,18,32H2,1-2H3/t27-/m1/s1. The molecule has 0 spiro atoms. The van der Waals surface area contributed by atoms with Crippen molar-refractivity contribution in [2.75, 3.05) is 13.7 Å². The molecule has 0 aromatic heterocycles. The van der Waals surface area contributed by atoms with Gasteiger partial charge in [-0.1, -0.05) is 66.7 Å². The van der Waals surface area contributed by atoms with Crippen LogP contribution in [0.4, 0.5) is 0 Å². The maximum atomic E-state index is 13.5. The molecule has 39 heavy (non-hydrogen) atoms. The lowest BCUT2D eigenvalue weighted by Gasteiger charge is -2.35. The van der Waals surface area contributed by atoms with E-state index in [1.807, 2.05) is 78.9 Å². The number of amidine groups is 1. The summed E-state index contributed by atoms with van der Waals surface area (Å²) in [5, 5.41) is 10.2. The smallest absolute Gasteiger partial charge is 0.338 e. The van der Waals surface area contributed by atoms with E-state index < -0.39 is 12.0 Å². The first kappa shape index (κ1) is 25.9. The number of hydrogen-bond acceptors (Lipinski definition) is 9. The second-order valence-electron chi connectivity index (χ2n) is 8.63. The van der Waals surface area contributed by atoms with Crippen molar-refractivity contribution in [2.24, 2.45) is 10.7 Å². The largest absolute Gasteiger partial charge is 0.493 e. The number of allylic oxidation sites excluding steroid dienone is 1. The number of fused-ring (bicyclic) bond motifs is 1. The van der Waals surface area contributed by atoms with E-state index in [0.29, 0.717) is 45.0 Å². The summed E-state index contributed by atoms with van der Waals surface area (Å²) in [5.41, 5.74) is 9.70. The summed E-state index contributed by atoms with van der Waals surface area (Å²) in [5.74, 6) is 0.753. The molecule has 2 heterocycles. The lowest BCUT2D eigenvalue weighted by atomic mass is 9.91. The Bertz CT molecular complexity index is 1530. The van der Waals surface area contributed by atoms with Crippen LogP contribution in [0.5, 0.6) is 11.5 Å². The Morgan fingerprint density at radius 3 is 2.46 bits per heavy atom. The monoisotopic (exact) mass is 538 g/mol. The Hall–Kier alpha value is -4.68. The summed E-state index contributed by atoms with van der Waals surface area (Å²) in [7, 11) is 1.56. The van der Waals surface area contributed by atoms with E-state index in [1.54, 1.807) is 18.9 Å². The summed E-state index contributed by atoms with van der Waals surface area (Å²) in [6, 6.07) is 26.2. The number of ether oxygens (including phenoxy) is 3. The number of benzene rings is 3. The first-order valence-corrected chi connectivity index (χ1v) is 13.1. The van der Waals surface area contributed by atoms with Crippen molar-refractivity contribution in [3.05, 3.63) is 112 Å². The molecule has 0 fully saturated rings. The van der Waals surface area contributed by atoms with Crippen molar-refractivity contribution >= 4 is 28.6 Å². The van der Waals surface area contributed by atoms with E-state index in [9.17, 15) is 10.1 Å². The van der Waals surface area contributed by atoms with Gasteiger partial charge in [-0.2, -0.15) is 5.26 Å². The van der Waals surface area contributed by atoms with Gasteiger partial charge in [0.25, 0.3) is 0 Å². The molecular weight excluding hydrogens is 512 g/mol. The van der Waals surface area contributed by atoms with Crippen molar-refractivity contribution in [1.82, 2.24) is 4.90 Å². The molecule has 9 heteroatoms. The number of thioether (sulfide) groups is 1. The molecule has 0 bridgehead atoms. The number of carbonyl (C=O) groups is 1. The first-order chi connectivity index (χ1) is 19.0. The zero-order chi connectivity index (χ0) is 27.4. The molecular formula is C30H26N4O4S. The number of nitriles is 1. The molecule has 8 nitrogen and oxygen atoms in total. The van der Waals surface area contributed by atoms with E-state index in [-0.39, 0.29) is 12.4 Å². The third-order valence-corrected chi connectivity index (χ3v) is 7.25. The van der Waals surface area contributed by atoms with Crippen molar-refractivity contribution in [3.8, 4) is 17.6 Å². The SMILES string of the molecule is CCOC(=O)C1=C(c2ccccc2)N=C2SC(C#N)=C(N)N2[C@@H]1c1ccc(OCc2ccccc2)c(OC)c1. The zero-order valence-corrected chi connectivity index (χ0v) is 22.3. The fourth-order valence-electron chi connectivity index (χ4n) is 4.48. The van der Waals surface area contributed by atoms with E-state index in [4.69, 9.17) is 24.9 Å². The predicted octanol–water partition coefficient (Wildman–Crippen LogP) is 5.36. The third kappa shape index (κ3) is 5.07. The highest BCUT2D eigenvalue weighted by atomic mass is 32.2. The fourth-order valence-corrected chi connectivity index (χ4v) is 5.35. The number of rotatable bonds is 8. The van der Waals surface area contributed by atoms with E-state index in [1.165, 1.54) is 11.8 Å². The van der Waals surface area contributed by atoms with Gasteiger partial charge in [-0.3, -0.25) is 4.90 Å². The second kappa shape index (κ2) is 11.4. The maximum Gasteiger partial charge on any atom is 0.338 e. The van der Waals surface area contributed by atoms with Crippen LogP contribution in [0.15, 0.2) is 100 Å². The Morgan fingerprint density at radius 2 is 1.79 bits per heavy atom. The van der Waals surface area contributed by atoms with E-state index in [0.717, 1.165) is 11.1 Å². The lowest BCUT2D eigenvalue weighted by molar-refractivity contribution is -0.139. The van der Waals surface area contributed by atoms with Crippen LogP contribution >= 0.6 is 11.8 Å². The molecule has 0 saturated carbocycles. The number of nitrogens with zero attached hydrogens (tertiary/aromatic N) is 3. The molecule has 0 amide bonds. The summed E-state index contributed by atoms with van der Waals surface area (Å²) >= 11 is 1.17. The zero-order valence-electron chi connectivity index (χ0n) is 21.5. The summed E-state index contributed by atoms with van der Waals surface area (Å²) in [6.07, 6.45) is 0. The molecule has 0 saturated heterocycles. The van der Waals surface area contributed by atoms with Crippen LogP contribution in [0, 0.1) is 11.3 Å². The molecule has 0 aliphatic carbocycles. The fraction of sp³-hybridized carbons (Fsp3) is 0.167. The summed E-state index contributed by atoms with van der Waals surface area (Å²) in [6.45, 7) is 2.31. The highest BCUT2D eigenvalue weighted by molar-refractivity contribution is 8.17. The Labute approximate surface area is 231 Å². The van der Waals surface area contributed by atoms with Crippen LogP contribution in [0.25, 0.3) is 5.70 Å². The van der Waals surface area contributed by atoms with Gasteiger partial charge in [-0.15, -0.1) is 0 Å². The normalized spacial score (nSPS) is 16.4. The second-order valence-corrected chi connectivity index (χ2v) is 9.61. The van der Waals surface area contributed by atoms with Crippen LogP contribution < -0.4 is 15.2 Å². The molecule has 2 aliphatic rings. The minimum absolute atomic E-state index is 0.187. The number of hydrogen-bond donors (Lipinski definition) is 1. The first-order valence-electron chi connectivity index (χ1n) is 12.3. The maximum absolute atomic E-state index is 13.5. The van der Waals surface area contributed by atoms with Crippen LogP contribution in [-0.2, 0) is 16.1 Å². The molecule has 3 aromatic rings. The molecule has 5 rings (SSSR count). The highest BCUT2D eigenvalue weighted by Gasteiger charge is 2.44. The molecule has 196 valence electrons. The Balaban J connectivity index is 1.64. The van der Waals surface area contributed by atoms with Crippen molar-refractivity contribution in [1.29, 1.82) is 5.26 Å². The number of aliphatic imine (C=N–C) groups is 1. The van der Waals surface area contributed by atoms with Gasteiger partial charge in [0.2, 0.25) is 0 Å². The van der Waals surface area contributed by atoms with Crippen LogP contribution in [0.2, 0.25) is 0 Å². The molecule has 0 unspecified atom stereocenters. The highest BCUT2D eigenvalue weighted by Crippen LogP contribution is 2.48. The predicted molar refractivity (Wildman–Crippen MR) is 150 cm³/mol. The van der Waals surface area contributed by atoms with Crippen molar-refractivity contribution < 1.29 is 19.0 Å². The number of carbonyl (C=O) groups excluding carboxylic acids is 1. The van der Waals surface area contributed by atoms with Crippen molar-refractivity contribution in [2.45, 2.75) is 19.6 Å². The molecule has 2 N–H and O–H groups in total. The van der Waals surface area contributed by atoms with Gasteiger partial charge in [-0.05, 0) is 41.9 Å². The molecule has 0 radical (unpaired) electrons. The minimum Gasteiger partial charge on any atom is -0.493 e. The van der Waals surface area contributed by atoms with Gasteiger partial charge in [0.15, 0.2) is 16.7 Å². The van der Waals surface area contributed by atoms with Gasteiger partial charge in [0.05, 0.1) is 31.0 Å². The quantitative estimate of drug-likeness (QED) is 0.382. The molecule has 1 atom stereocenters. The average molecular weight is 539 g/mol. The Kier molecular flexibility index (Phi) is 7.57. The summed E-state index contributed by atoms with van der Waals surface area (Å²) in [4.78, 5) is 20.4. The van der Waals surface area contributed by atoms with Crippen LogP contribution in [-0.4, -0.2) is 29.8 Å². The van der Waals surface area contributed by atoms with Gasteiger partial charge in [0, 0.05) is 5.56 Å². The van der Waals surface area contributed by atoms with Crippen molar-refractivity contribution in [3.63, 3.8) is 0 Å². The number of nitrogens with two attached hydrogens (primary N) is 1. The van der Waals surface area contributed by atoms with Crippen LogP contribution in [0.3, 0.4) is 0 Å². The van der Waals surface area contributed by atoms with Gasteiger partial charge >= 0.3 is 5.97 Å². The van der Waals surface area contributed by atoms with Gasteiger partial charge in [-0.25, -0.2) is 9.79 Å². The molecule has 3 aromatic carbocycles. The van der Waals surface area contributed by atoms with E-state index in [2.05, 4.69) is 6.07 Å². The van der Waals surface area contributed by atoms with Crippen LogP contribution in [0.1, 0.15) is 29.7 Å². The number of methoxy groups -OCH3 is 1. The molecule has 2 aliphatic heterocycles. The van der Waals surface area contributed by atoms with Gasteiger partial charge in [0.1, 0.15) is 23.4 Å². The van der Waals surface area contributed by atoms with Gasteiger partial charge < -0.3 is 19.9 Å². The minimum atomic E-state index is -0.720. The lowest BCUT2D eigenvalue weighted by Crippen LogP contribution is -2.38.